The van der Waals surface area contributed by atoms with Crippen LogP contribution in [0.1, 0.15) is 25.8 Å². The minimum absolute atomic E-state index is 0.0435. The van der Waals surface area contributed by atoms with E-state index in [0.717, 1.165) is 15.7 Å². The van der Waals surface area contributed by atoms with Gasteiger partial charge in [0, 0.05) is 17.3 Å². The van der Waals surface area contributed by atoms with Gasteiger partial charge in [-0.15, -0.1) is 0 Å². The first-order chi connectivity index (χ1) is 7.85. The van der Waals surface area contributed by atoms with Gasteiger partial charge in [-0.3, -0.25) is 4.79 Å². The Labute approximate surface area is 111 Å². The number of carbonyl (C=O) groups is 1. The number of hydrogen-bond acceptors (Lipinski definition) is 2. The molecular weight excluding hydrogens is 282 g/mol. The average Bonchev–Trinajstić information content (AvgIpc) is 2.24. The third-order valence-electron chi connectivity index (χ3n) is 2.68. The number of anilines is 1. The van der Waals surface area contributed by atoms with Crippen LogP contribution in [0.15, 0.2) is 22.7 Å². The van der Waals surface area contributed by atoms with Crippen LogP contribution in [0.25, 0.3) is 0 Å². The fraction of sp³-hybridized carbons (Fsp3) is 0.462. The number of benzene rings is 1. The van der Waals surface area contributed by atoms with E-state index in [4.69, 9.17) is 4.74 Å². The molecule has 1 aromatic rings. The van der Waals surface area contributed by atoms with Gasteiger partial charge >= 0.3 is 0 Å². The van der Waals surface area contributed by atoms with Crippen LogP contribution in [0.4, 0.5) is 5.69 Å². The first kappa shape index (κ1) is 14.2. The van der Waals surface area contributed by atoms with Gasteiger partial charge in [0.2, 0.25) is 5.91 Å². The minimum atomic E-state index is -0.440. The molecular formula is C13H18BrNO2. The summed E-state index contributed by atoms with van der Waals surface area (Å²) in [5.41, 5.74) is 1.41. The Morgan fingerprint density at radius 3 is 2.71 bits per heavy atom. The summed E-state index contributed by atoms with van der Waals surface area (Å²) in [6, 6.07) is 5.73. The maximum atomic E-state index is 11.8. The molecule has 0 spiro atoms. The van der Waals surface area contributed by atoms with E-state index in [-0.39, 0.29) is 5.91 Å². The molecule has 0 heterocycles. The molecule has 4 heteroatoms. The smallest absolute Gasteiger partial charge is 0.227 e. The number of halogens is 1. The monoisotopic (exact) mass is 299 g/mol. The van der Waals surface area contributed by atoms with Gasteiger partial charge in [-0.2, -0.15) is 0 Å². The first-order valence-corrected chi connectivity index (χ1v) is 6.25. The molecule has 3 nitrogen and oxygen atoms in total. The van der Waals surface area contributed by atoms with Gasteiger partial charge in [-0.25, -0.2) is 0 Å². The number of methoxy groups -OCH3 is 1. The Balaban J connectivity index is 2.72. The Morgan fingerprint density at radius 2 is 2.12 bits per heavy atom. The van der Waals surface area contributed by atoms with Crippen LogP contribution in [0.5, 0.6) is 0 Å². The van der Waals surface area contributed by atoms with Gasteiger partial charge < -0.3 is 10.1 Å². The van der Waals surface area contributed by atoms with E-state index in [0.29, 0.717) is 6.42 Å². The van der Waals surface area contributed by atoms with Crippen molar-refractivity contribution in [3.8, 4) is 0 Å². The number of rotatable bonds is 4. The van der Waals surface area contributed by atoms with Crippen LogP contribution in [0.3, 0.4) is 0 Å². The molecule has 94 valence electrons. The molecule has 0 aliphatic rings. The van der Waals surface area contributed by atoms with Gasteiger partial charge in [-0.05, 0) is 38.5 Å². The van der Waals surface area contributed by atoms with Crippen molar-refractivity contribution < 1.29 is 9.53 Å². The van der Waals surface area contributed by atoms with E-state index in [2.05, 4.69) is 21.2 Å². The van der Waals surface area contributed by atoms with Gasteiger partial charge in [0.1, 0.15) is 0 Å². The fourth-order valence-electron chi connectivity index (χ4n) is 1.40. The Morgan fingerprint density at radius 1 is 1.47 bits per heavy atom. The zero-order valence-corrected chi connectivity index (χ0v) is 12.2. The molecule has 0 bridgehead atoms. The summed E-state index contributed by atoms with van der Waals surface area (Å²) in [4.78, 5) is 11.8. The van der Waals surface area contributed by atoms with Gasteiger partial charge in [0.25, 0.3) is 0 Å². The topological polar surface area (TPSA) is 38.3 Å². The predicted octanol–water partition coefficient (Wildman–Crippen LogP) is 3.51. The second-order valence-corrected chi connectivity index (χ2v) is 5.46. The molecule has 0 fully saturated rings. The van der Waals surface area contributed by atoms with Crippen LogP contribution >= 0.6 is 15.9 Å². The van der Waals surface area contributed by atoms with Gasteiger partial charge in [-0.1, -0.05) is 22.0 Å². The molecule has 0 radical (unpaired) electrons. The van der Waals surface area contributed by atoms with Gasteiger partial charge in [0.05, 0.1) is 12.0 Å². The molecule has 17 heavy (non-hydrogen) atoms. The van der Waals surface area contributed by atoms with Crippen molar-refractivity contribution in [3.63, 3.8) is 0 Å². The van der Waals surface area contributed by atoms with E-state index in [1.165, 1.54) is 0 Å². The number of nitrogens with one attached hydrogen (secondary N) is 1. The summed E-state index contributed by atoms with van der Waals surface area (Å²) < 4.78 is 6.22. The molecule has 0 unspecified atom stereocenters. The first-order valence-electron chi connectivity index (χ1n) is 5.46. The molecule has 1 N–H and O–H groups in total. The molecule has 0 aliphatic carbocycles. The lowest BCUT2D eigenvalue weighted by molar-refractivity contribution is -0.121. The van der Waals surface area contributed by atoms with E-state index in [1.807, 2.05) is 39.0 Å². The van der Waals surface area contributed by atoms with Gasteiger partial charge in [0.15, 0.2) is 0 Å². The molecule has 1 rings (SSSR count). The van der Waals surface area contributed by atoms with Crippen molar-refractivity contribution in [2.75, 3.05) is 12.4 Å². The van der Waals surface area contributed by atoms with Crippen LogP contribution < -0.4 is 5.32 Å². The SMILES string of the molecule is COC(C)(C)CC(=O)Nc1cccc(Br)c1C. The van der Waals surface area contributed by atoms with Crippen molar-refractivity contribution in [3.05, 3.63) is 28.2 Å². The molecule has 0 saturated heterocycles. The van der Waals surface area contributed by atoms with Crippen LogP contribution in [0.2, 0.25) is 0 Å². The van der Waals surface area contributed by atoms with Crippen LogP contribution in [-0.2, 0) is 9.53 Å². The number of ether oxygens (including phenoxy) is 1. The summed E-state index contributed by atoms with van der Waals surface area (Å²) in [5, 5.41) is 2.89. The van der Waals surface area contributed by atoms with Crippen molar-refractivity contribution in [1.82, 2.24) is 0 Å². The highest BCUT2D eigenvalue weighted by atomic mass is 79.9. The van der Waals surface area contributed by atoms with Crippen molar-refractivity contribution in [2.24, 2.45) is 0 Å². The Bertz CT molecular complexity index is 416. The summed E-state index contributed by atoms with van der Waals surface area (Å²) >= 11 is 3.44. The lowest BCUT2D eigenvalue weighted by atomic mass is 10.0. The van der Waals surface area contributed by atoms with Crippen LogP contribution in [0, 0.1) is 6.92 Å². The highest BCUT2D eigenvalue weighted by Gasteiger charge is 2.21. The van der Waals surface area contributed by atoms with E-state index < -0.39 is 5.60 Å². The largest absolute Gasteiger partial charge is 0.378 e. The van der Waals surface area contributed by atoms with Crippen LogP contribution in [-0.4, -0.2) is 18.6 Å². The quantitative estimate of drug-likeness (QED) is 0.924. The second kappa shape index (κ2) is 5.65. The lowest BCUT2D eigenvalue weighted by Crippen LogP contribution is -2.29. The Kier molecular flexibility index (Phi) is 4.71. The molecule has 0 aliphatic heterocycles. The van der Waals surface area contributed by atoms with E-state index in [1.54, 1.807) is 7.11 Å². The summed E-state index contributed by atoms with van der Waals surface area (Å²) in [7, 11) is 1.61. The molecule has 1 amide bonds. The summed E-state index contributed by atoms with van der Waals surface area (Å²) in [5.74, 6) is -0.0435. The number of amides is 1. The normalized spacial score (nSPS) is 11.4. The highest BCUT2D eigenvalue weighted by molar-refractivity contribution is 9.10. The van der Waals surface area contributed by atoms with Crippen molar-refractivity contribution in [1.29, 1.82) is 0 Å². The zero-order chi connectivity index (χ0) is 13.1. The molecule has 0 saturated carbocycles. The number of carbonyl (C=O) groups excluding carboxylic acids is 1. The summed E-state index contributed by atoms with van der Waals surface area (Å²) in [6.45, 7) is 5.74. The van der Waals surface area contributed by atoms with Crippen molar-refractivity contribution >= 4 is 27.5 Å². The zero-order valence-electron chi connectivity index (χ0n) is 10.6. The fourth-order valence-corrected chi connectivity index (χ4v) is 1.76. The van der Waals surface area contributed by atoms with Crippen molar-refractivity contribution in [2.45, 2.75) is 32.8 Å². The Hall–Kier alpha value is -0.870. The maximum absolute atomic E-state index is 11.8. The second-order valence-electron chi connectivity index (χ2n) is 4.60. The molecule has 0 atom stereocenters. The molecule has 0 aromatic heterocycles. The number of hydrogen-bond donors (Lipinski definition) is 1. The predicted molar refractivity (Wildman–Crippen MR) is 73.2 cm³/mol. The van der Waals surface area contributed by atoms with E-state index >= 15 is 0 Å². The maximum Gasteiger partial charge on any atom is 0.227 e. The highest BCUT2D eigenvalue weighted by Crippen LogP contribution is 2.24. The standard InChI is InChI=1S/C13H18BrNO2/c1-9-10(14)6-5-7-11(9)15-12(16)8-13(2,3)17-4/h5-7H,8H2,1-4H3,(H,15,16). The third-order valence-corrected chi connectivity index (χ3v) is 3.54. The third kappa shape index (κ3) is 4.13. The molecule has 1 aromatic carbocycles. The summed E-state index contributed by atoms with van der Waals surface area (Å²) in [6.07, 6.45) is 0.329. The average molecular weight is 300 g/mol. The minimum Gasteiger partial charge on any atom is -0.378 e. The van der Waals surface area contributed by atoms with E-state index in [9.17, 15) is 4.79 Å². The lowest BCUT2D eigenvalue weighted by Gasteiger charge is -2.22.